The van der Waals surface area contributed by atoms with Crippen LogP contribution in [0.5, 0.6) is 0 Å². The van der Waals surface area contributed by atoms with E-state index in [1.807, 2.05) is 11.6 Å². The molecule has 0 aliphatic carbocycles. The molecule has 5 N–H and O–H groups in total. The van der Waals surface area contributed by atoms with Crippen molar-refractivity contribution in [1.82, 2.24) is 24.5 Å². The van der Waals surface area contributed by atoms with E-state index in [0.717, 1.165) is 5.52 Å². The summed E-state index contributed by atoms with van der Waals surface area (Å²) in [6.07, 6.45) is 4.99. The second-order valence-corrected chi connectivity index (χ2v) is 4.68. The van der Waals surface area contributed by atoms with E-state index in [0.29, 0.717) is 22.6 Å². The minimum absolute atomic E-state index is 0.0262. The highest BCUT2D eigenvalue weighted by Gasteiger charge is 2.19. The van der Waals surface area contributed by atoms with Gasteiger partial charge in [0.2, 0.25) is 0 Å². The second kappa shape index (κ2) is 4.95. The van der Waals surface area contributed by atoms with E-state index in [4.69, 9.17) is 11.5 Å². The average molecular weight is 298 g/mol. The first-order chi connectivity index (χ1) is 10.5. The molecule has 0 fully saturated rings. The number of hydrogen-bond acceptors (Lipinski definition) is 7. The minimum atomic E-state index is -0.741. The van der Waals surface area contributed by atoms with Crippen LogP contribution in [0.15, 0.2) is 18.7 Å². The SMILES string of the molecule is CNc1nc(N)c(C(N)=O)nc1-c1cncc2c1ncn2C. The molecule has 0 saturated heterocycles. The number of aromatic nitrogens is 5. The molecule has 0 bridgehead atoms. The first-order valence-corrected chi connectivity index (χ1v) is 6.43. The van der Waals surface area contributed by atoms with E-state index >= 15 is 0 Å². The highest BCUT2D eigenvalue weighted by atomic mass is 16.1. The Balaban J connectivity index is 2.34. The van der Waals surface area contributed by atoms with Crippen LogP contribution >= 0.6 is 0 Å². The van der Waals surface area contributed by atoms with Gasteiger partial charge in [-0.15, -0.1) is 0 Å². The number of nitrogen functional groups attached to an aromatic ring is 1. The largest absolute Gasteiger partial charge is 0.382 e. The van der Waals surface area contributed by atoms with Gasteiger partial charge in [-0.2, -0.15) is 0 Å². The Bertz CT molecular complexity index is 885. The van der Waals surface area contributed by atoms with Gasteiger partial charge in [0.05, 0.1) is 23.6 Å². The zero-order chi connectivity index (χ0) is 15.9. The highest BCUT2D eigenvalue weighted by Crippen LogP contribution is 2.30. The summed E-state index contributed by atoms with van der Waals surface area (Å²) in [5, 5.41) is 2.90. The zero-order valence-corrected chi connectivity index (χ0v) is 12.0. The van der Waals surface area contributed by atoms with Crippen LogP contribution in [0, 0.1) is 0 Å². The van der Waals surface area contributed by atoms with Gasteiger partial charge in [-0.3, -0.25) is 9.78 Å². The van der Waals surface area contributed by atoms with Crippen molar-refractivity contribution >= 4 is 28.6 Å². The Labute approximate surface area is 125 Å². The molecule has 0 radical (unpaired) electrons. The second-order valence-electron chi connectivity index (χ2n) is 4.68. The molecule has 22 heavy (non-hydrogen) atoms. The smallest absolute Gasteiger partial charge is 0.271 e. The number of imidazole rings is 1. The molecule has 1 amide bonds. The van der Waals surface area contributed by atoms with Gasteiger partial charge in [-0.05, 0) is 0 Å². The van der Waals surface area contributed by atoms with Crippen molar-refractivity contribution in [3.05, 3.63) is 24.4 Å². The molecule has 3 rings (SSSR count). The number of nitrogens with two attached hydrogens (primary N) is 2. The Morgan fingerprint density at radius 3 is 2.77 bits per heavy atom. The molecule has 0 aliphatic heterocycles. The number of primary amides is 1. The normalized spacial score (nSPS) is 10.8. The summed E-state index contributed by atoms with van der Waals surface area (Å²) in [6, 6.07) is 0. The van der Waals surface area contributed by atoms with E-state index in [1.54, 1.807) is 25.8 Å². The van der Waals surface area contributed by atoms with E-state index in [-0.39, 0.29) is 11.5 Å². The van der Waals surface area contributed by atoms with Gasteiger partial charge in [0, 0.05) is 20.3 Å². The summed E-state index contributed by atoms with van der Waals surface area (Å²) in [4.78, 5) is 28.4. The molecule has 3 aromatic rings. The molecule has 0 atom stereocenters. The maximum Gasteiger partial charge on any atom is 0.271 e. The fourth-order valence-electron chi connectivity index (χ4n) is 2.21. The molecule has 0 spiro atoms. The third kappa shape index (κ3) is 1.99. The fourth-order valence-corrected chi connectivity index (χ4v) is 2.21. The fraction of sp³-hybridized carbons (Fsp3) is 0.154. The third-order valence-corrected chi connectivity index (χ3v) is 3.29. The predicted molar refractivity (Wildman–Crippen MR) is 82.0 cm³/mol. The van der Waals surface area contributed by atoms with Crippen molar-refractivity contribution in [3.8, 4) is 11.3 Å². The molecule has 9 heteroatoms. The molecular formula is C13H14N8O. The van der Waals surface area contributed by atoms with Crippen LogP contribution in [-0.4, -0.2) is 37.5 Å². The van der Waals surface area contributed by atoms with E-state index in [2.05, 4.69) is 25.3 Å². The Hall–Kier alpha value is -3.23. The number of hydrogen-bond donors (Lipinski definition) is 3. The quantitative estimate of drug-likeness (QED) is 0.625. The molecule has 3 heterocycles. The number of pyridine rings is 1. The van der Waals surface area contributed by atoms with Crippen LogP contribution in [-0.2, 0) is 7.05 Å². The summed E-state index contributed by atoms with van der Waals surface area (Å²) < 4.78 is 1.84. The van der Waals surface area contributed by atoms with Crippen LogP contribution in [0.4, 0.5) is 11.6 Å². The number of aryl methyl sites for hydroxylation is 1. The Kier molecular flexibility index (Phi) is 3.09. The lowest BCUT2D eigenvalue weighted by atomic mass is 10.1. The summed E-state index contributed by atoms with van der Waals surface area (Å²) >= 11 is 0. The molecular weight excluding hydrogens is 284 g/mol. The summed E-state index contributed by atoms with van der Waals surface area (Å²) in [6.45, 7) is 0. The average Bonchev–Trinajstić information content (AvgIpc) is 2.88. The minimum Gasteiger partial charge on any atom is -0.382 e. The molecule has 3 aromatic heterocycles. The maximum absolute atomic E-state index is 11.5. The lowest BCUT2D eigenvalue weighted by molar-refractivity contribution is 0.0996. The van der Waals surface area contributed by atoms with Gasteiger partial charge in [0.25, 0.3) is 5.91 Å². The Morgan fingerprint density at radius 1 is 1.32 bits per heavy atom. The number of anilines is 2. The van der Waals surface area contributed by atoms with Crippen LogP contribution in [0.2, 0.25) is 0 Å². The number of carbonyl (C=O) groups is 1. The van der Waals surface area contributed by atoms with Crippen molar-refractivity contribution < 1.29 is 4.79 Å². The lowest BCUT2D eigenvalue weighted by Gasteiger charge is -2.11. The number of rotatable bonds is 3. The summed E-state index contributed by atoms with van der Waals surface area (Å²) in [5.41, 5.74) is 13.5. The van der Waals surface area contributed by atoms with E-state index in [9.17, 15) is 4.79 Å². The van der Waals surface area contributed by atoms with Gasteiger partial charge in [0.15, 0.2) is 17.3 Å². The molecule has 0 aliphatic rings. The van der Waals surface area contributed by atoms with Gasteiger partial charge < -0.3 is 21.4 Å². The summed E-state index contributed by atoms with van der Waals surface area (Å²) in [7, 11) is 3.55. The molecule has 0 aromatic carbocycles. The van der Waals surface area contributed by atoms with Crippen molar-refractivity contribution in [2.45, 2.75) is 0 Å². The molecule has 112 valence electrons. The number of fused-ring (bicyclic) bond motifs is 1. The number of nitrogens with zero attached hydrogens (tertiary/aromatic N) is 5. The lowest BCUT2D eigenvalue weighted by Crippen LogP contribution is -2.18. The number of nitrogens with one attached hydrogen (secondary N) is 1. The summed E-state index contributed by atoms with van der Waals surface area (Å²) in [5.74, 6) is -0.348. The molecule has 0 saturated carbocycles. The molecule has 9 nitrogen and oxygen atoms in total. The van der Waals surface area contributed by atoms with Gasteiger partial charge >= 0.3 is 0 Å². The van der Waals surface area contributed by atoms with Gasteiger partial charge in [0.1, 0.15) is 11.2 Å². The van der Waals surface area contributed by atoms with Crippen LogP contribution in [0.1, 0.15) is 10.5 Å². The highest BCUT2D eigenvalue weighted by molar-refractivity contribution is 5.98. The Morgan fingerprint density at radius 2 is 2.09 bits per heavy atom. The van der Waals surface area contributed by atoms with Crippen molar-refractivity contribution in [2.24, 2.45) is 12.8 Å². The number of amides is 1. The standard InChI is InChI=1S/C13H14N8O/c1-16-13-9(19-10(12(15)22)11(14)20-13)6-3-17-4-7-8(6)18-5-21(7)2/h3-5H,1-2H3,(H2,15,22)(H3,14,16,20). The van der Waals surface area contributed by atoms with Crippen molar-refractivity contribution in [2.75, 3.05) is 18.1 Å². The first kappa shape index (κ1) is 13.7. The van der Waals surface area contributed by atoms with E-state index < -0.39 is 5.91 Å². The monoisotopic (exact) mass is 298 g/mol. The van der Waals surface area contributed by atoms with Gasteiger partial charge in [-0.1, -0.05) is 0 Å². The van der Waals surface area contributed by atoms with E-state index in [1.165, 1.54) is 0 Å². The van der Waals surface area contributed by atoms with Crippen molar-refractivity contribution in [1.29, 1.82) is 0 Å². The predicted octanol–water partition coefficient (Wildman–Crippen LogP) is 0.148. The maximum atomic E-state index is 11.5. The van der Waals surface area contributed by atoms with Crippen LogP contribution < -0.4 is 16.8 Å². The van der Waals surface area contributed by atoms with Gasteiger partial charge in [-0.25, -0.2) is 15.0 Å². The topological polar surface area (TPSA) is 138 Å². The zero-order valence-electron chi connectivity index (χ0n) is 12.0. The molecule has 0 unspecified atom stereocenters. The van der Waals surface area contributed by atoms with Crippen LogP contribution in [0.3, 0.4) is 0 Å². The third-order valence-electron chi connectivity index (χ3n) is 3.29. The van der Waals surface area contributed by atoms with Crippen LogP contribution in [0.25, 0.3) is 22.3 Å². The van der Waals surface area contributed by atoms with Crippen molar-refractivity contribution in [3.63, 3.8) is 0 Å². The number of carbonyl (C=O) groups excluding carboxylic acids is 1. The first-order valence-electron chi connectivity index (χ1n) is 6.43.